The van der Waals surface area contributed by atoms with Crippen LogP contribution in [-0.2, 0) is 14.2 Å². The van der Waals surface area contributed by atoms with Crippen molar-refractivity contribution in [2.45, 2.75) is 56.4 Å². The molecule has 0 aromatic heterocycles. The van der Waals surface area contributed by atoms with Crippen LogP contribution in [0.15, 0.2) is 0 Å². The predicted octanol–water partition coefficient (Wildman–Crippen LogP) is -3.87. The quantitative estimate of drug-likeness (QED) is 0.115. The topological polar surface area (TPSA) is 190 Å². The molecule has 2 aliphatic heterocycles. The first-order valence-corrected chi connectivity index (χ1v) is 9.39. The number of halogens is 2. The highest BCUT2D eigenvalue weighted by atomic mass is 127. The molecular weight excluding hydrogens is 574 g/mol. The summed E-state index contributed by atoms with van der Waals surface area (Å²) in [5.41, 5.74) is 0. The van der Waals surface area contributed by atoms with Gasteiger partial charge in [0.25, 0.3) is 0 Å². The van der Waals surface area contributed by atoms with Crippen molar-refractivity contribution in [3.63, 3.8) is 0 Å². The Hall–Kier alpha value is 1.02. The van der Waals surface area contributed by atoms with E-state index in [9.17, 15) is 40.9 Å². The Labute approximate surface area is 169 Å². The van der Waals surface area contributed by atoms with Crippen LogP contribution in [0.1, 0.15) is 0 Å². The lowest BCUT2D eigenvalue weighted by Crippen LogP contribution is -2.65. The van der Waals surface area contributed by atoms with Gasteiger partial charge in [-0.05, 0) is 45.2 Å². The van der Waals surface area contributed by atoms with Gasteiger partial charge in [-0.15, -0.1) is 0 Å². The molecule has 148 valence electrons. The maximum atomic E-state index is 10.4. The average Bonchev–Trinajstić information content (AvgIpc) is 2.80. The third-order valence-electron chi connectivity index (χ3n) is 4.16. The first-order chi connectivity index (χ1) is 11.5. The van der Waals surface area contributed by atoms with E-state index in [1.165, 1.54) is 45.2 Å². The van der Waals surface area contributed by atoms with Gasteiger partial charge in [-0.1, -0.05) is 0 Å². The molecule has 2 saturated heterocycles. The van der Waals surface area contributed by atoms with Crippen molar-refractivity contribution in [1.82, 2.24) is 0 Å². The highest BCUT2D eigenvalue weighted by molar-refractivity contribution is 14.2. The molecule has 2 fully saturated rings. The molecule has 25 heavy (non-hydrogen) atoms. The summed E-state index contributed by atoms with van der Waals surface area (Å²) in [7, 11) is 0. The first-order valence-electron chi connectivity index (χ1n) is 7.23. The van der Waals surface area contributed by atoms with E-state index in [-0.39, 0.29) is 0 Å². The third kappa shape index (κ3) is 3.94. The molecule has 0 bridgehead atoms. The monoisotopic (exact) mass is 594 g/mol. The summed E-state index contributed by atoms with van der Waals surface area (Å²) >= 11 is 2.90. The van der Waals surface area contributed by atoms with Gasteiger partial charge in [0.1, 0.15) is 42.7 Å². The molecule has 0 aliphatic carbocycles. The van der Waals surface area contributed by atoms with E-state index in [2.05, 4.69) is 0 Å². The third-order valence-corrected chi connectivity index (χ3v) is 5.66. The second-order valence-electron chi connectivity index (χ2n) is 5.80. The maximum Gasteiger partial charge on any atom is 0.249 e. The predicted molar refractivity (Wildman–Crippen MR) is 94.5 cm³/mol. The van der Waals surface area contributed by atoms with Crippen molar-refractivity contribution < 1.29 is 55.1 Å². The maximum absolute atomic E-state index is 10.4. The van der Waals surface area contributed by atoms with Gasteiger partial charge < -0.3 is 55.1 Å². The molecule has 9 atom stereocenters. The van der Waals surface area contributed by atoms with Gasteiger partial charge in [-0.3, -0.25) is 0 Å². The fourth-order valence-electron chi connectivity index (χ4n) is 2.69. The van der Waals surface area contributed by atoms with Crippen molar-refractivity contribution in [3.05, 3.63) is 0 Å². The molecule has 0 radical (unpaired) electrons. The molecule has 2 heterocycles. The molecule has 13 heteroatoms. The summed E-state index contributed by atoms with van der Waals surface area (Å²) in [5, 5.41) is 78.8. The highest BCUT2D eigenvalue weighted by Gasteiger charge is 2.67. The largest absolute Gasteiger partial charge is 0.394 e. The van der Waals surface area contributed by atoms with Crippen LogP contribution in [0.4, 0.5) is 0 Å². The van der Waals surface area contributed by atoms with Crippen molar-refractivity contribution >= 4 is 45.2 Å². The van der Waals surface area contributed by atoms with Crippen LogP contribution in [0, 0.1) is 0 Å². The minimum Gasteiger partial charge on any atom is -0.394 e. The van der Waals surface area contributed by atoms with Crippen LogP contribution >= 0.6 is 45.2 Å². The second-order valence-corrected chi connectivity index (χ2v) is 11.0. The van der Waals surface area contributed by atoms with Crippen molar-refractivity contribution in [1.29, 1.82) is 0 Å². The van der Waals surface area contributed by atoms with E-state index in [1.807, 2.05) is 0 Å². The van der Waals surface area contributed by atoms with Gasteiger partial charge in [-0.2, -0.15) is 0 Å². The van der Waals surface area contributed by atoms with Gasteiger partial charge in [-0.25, -0.2) is 0 Å². The number of aliphatic hydroxyl groups excluding tert-OH is 7. The number of alkyl halides is 2. The summed E-state index contributed by atoms with van der Waals surface area (Å²) in [6.07, 6.45) is -13.0. The molecule has 0 aromatic rings. The number of hydrogen-bond donors (Lipinski definition) is 8. The summed E-state index contributed by atoms with van der Waals surface area (Å²) in [6, 6.07) is 0. The Kier molecular flexibility index (Phi) is 7.30. The van der Waals surface area contributed by atoms with Crippen LogP contribution < -0.4 is 0 Å². The van der Waals surface area contributed by atoms with E-state index >= 15 is 0 Å². The summed E-state index contributed by atoms with van der Waals surface area (Å²) in [6.45, 7) is -1.40. The smallest absolute Gasteiger partial charge is 0.249 e. The Bertz CT molecular complexity index is 461. The molecule has 0 saturated carbocycles. The SMILES string of the molecule is OC[C@H]1O[C@](O[C@H]2O[C@H](CO)[C@@H](O)[C@H](O)[C@H]2O)(C(O)(I)I)[C@@H](O)[C@@H]1O. The lowest BCUT2D eigenvalue weighted by atomic mass is 9.99. The van der Waals surface area contributed by atoms with E-state index in [0.29, 0.717) is 0 Å². The number of rotatable bonds is 5. The lowest BCUT2D eigenvalue weighted by molar-refractivity contribution is -0.387. The molecule has 11 nitrogen and oxygen atoms in total. The summed E-state index contributed by atoms with van der Waals surface area (Å²) in [5.74, 6) is -2.35. The van der Waals surface area contributed by atoms with E-state index in [1.54, 1.807) is 0 Å². The fraction of sp³-hybridized carbons (Fsp3) is 1.00. The van der Waals surface area contributed by atoms with Crippen molar-refractivity contribution in [3.8, 4) is 0 Å². The Morgan fingerprint density at radius 3 is 1.88 bits per heavy atom. The zero-order chi connectivity index (χ0) is 19.2. The van der Waals surface area contributed by atoms with Gasteiger partial charge in [0, 0.05) is 0 Å². The fourth-order valence-corrected chi connectivity index (χ4v) is 3.84. The van der Waals surface area contributed by atoms with Crippen LogP contribution in [0.5, 0.6) is 0 Å². The highest BCUT2D eigenvalue weighted by Crippen LogP contribution is 2.49. The standard InChI is InChI=1S/C12H20I2O11/c13-12(14,22)11(9(21)6(18)4(2-16)24-11)25-10-8(20)7(19)5(17)3(1-15)23-10/h3-10,15-22H,1-2H2/t3-,4-,5-,6-,7+,8-,9+,10-,11-/m1/s1. The van der Waals surface area contributed by atoms with Gasteiger partial charge in [0.2, 0.25) is 7.40 Å². The van der Waals surface area contributed by atoms with Crippen molar-refractivity contribution in [2.75, 3.05) is 13.2 Å². The van der Waals surface area contributed by atoms with Crippen LogP contribution in [0.3, 0.4) is 0 Å². The molecule has 8 N–H and O–H groups in total. The molecule has 0 amide bonds. The average molecular weight is 594 g/mol. The zero-order valence-corrected chi connectivity index (χ0v) is 16.9. The summed E-state index contributed by atoms with van der Waals surface area (Å²) < 4.78 is 13.9. The lowest BCUT2D eigenvalue weighted by Gasteiger charge is -2.46. The van der Waals surface area contributed by atoms with Gasteiger partial charge >= 0.3 is 0 Å². The number of aliphatic hydroxyl groups is 8. The minimum absolute atomic E-state index is 0.693. The zero-order valence-electron chi connectivity index (χ0n) is 12.6. The van der Waals surface area contributed by atoms with E-state index < -0.39 is 69.6 Å². The molecule has 0 spiro atoms. The van der Waals surface area contributed by atoms with Crippen LogP contribution in [0.2, 0.25) is 0 Å². The van der Waals surface area contributed by atoms with Crippen molar-refractivity contribution in [2.24, 2.45) is 0 Å². The molecular formula is C12H20I2O11. The Morgan fingerprint density at radius 1 is 0.880 bits per heavy atom. The molecule has 0 aromatic carbocycles. The van der Waals surface area contributed by atoms with E-state index in [0.717, 1.165) is 0 Å². The van der Waals surface area contributed by atoms with Gasteiger partial charge in [0.15, 0.2) is 6.29 Å². The second kappa shape index (κ2) is 8.18. The molecule has 0 unspecified atom stereocenters. The van der Waals surface area contributed by atoms with Gasteiger partial charge in [0.05, 0.1) is 13.2 Å². The normalized spacial score (nSPS) is 48.7. The molecule has 2 aliphatic rings. The molecule has 2 rings (SSSR count). The summed E-state index contributed by atoms with van der Waals surface area (Å²) in [4.78, 5) is 0. The number of hydrogen-bond acceptors (Lipinski definition) is 11. The van der Waals surface area contributed by atoms with Crippen LogP contribution in [-0.4, -0.2) is 110 Å². The van der Waals surface area contributed by atoms with Crippen LogP contribution in [0.25, 0.3) is 0 Å². The minimum atomic E-state index is -2.35. The first kappa shape index (κ1) is 22.3. The Balaban J connectivity index is 2.32. The number of ether oxygens (including phenoxy) is 3. The van der Waals surface area contributed by atoms with E-state index in [4.69, 9.17) is 14.2 Å². The Morgan fingerprint density at radius 2 is 1.44 bits per heavy atom.